The molecule has 4 nitrogen and oxygen atoms in total. The summed E-state index contributed by atoms with van der Waals surface area (Å²) in [7, 11) is 0. The molecule has 0 aliphatic rings. The van der Waals surface area contributed by atoms with Crippen LogP contribution in [0.2, 0.25) is 0 Å². The maximum Gasteiger partial charge on any atom is 0.159 e. The van der Waals surface area contributed by atoms with Gasteiger partial charge in [0.05, 0.1) is 24.2 Å². The molecule has 0 atom stereocenters. The highest BCUT2D eigenvalue weighted by Gasteiger charge is 2.08. The summed E-state index contributed by atoms with van der Waals surface area (Å²) in [5.41, 5.74) is 2.03. The van der Waals surface area contributed by atoms with Crippen molar-refractivity contribution in [3.05, 3.63) is 53.9 Å². The summed E-state index contributed by atoms with van der Waals surface area (Å²) in [5, 5.41) is 13.4. The average Bonchev–Trinajstić information content (AvgIpc) is 2.84. The van der Waals surface area contributed by atoms with E-state index < -0.39 is 11.6 Å². The summed E-state index contributed by atoms with van der Waals surface area (Å²) < 4.78 is 27.6. The predicted octanol–water partition coefficient (Wildman–Crippen LogP) is 2.17. The van der Waals surface area contributed by atoms with Gasteiger partial charge in [0.25, 0.3) is 0 Å². The van der Waals surface area contributed by atoms with Crippen molar-refractivity contribution in [2.75, 3.05) is 0 Å². The predicted molar refractivity (Wildman–Crippen MR) is 64.3 cm³/mol. The van der Waals surface area contributed by atoms with Crippen molar-refractivity contribution in [1.82, 2.24) is 14.6 Å². The molecular weight excluding hydrogens is 252 g/mol. The van der Waals surface area contributed by atoms with Crippen LogP contribution in [-0.2, 0) is 6.61 Å². The van der Waals surface area contributed by atoms with Crippen molar-refractivity contribution >= 4 is 5.65 Å². The van der Waals surface area contributed by atoms with E-state index in [-0.39, 0.29) is 6.61 Å². The van der Waals surface area contributed by atoms with Gasteiger partial charge in [-0.2, -0.15) is 5.10 Å². The minimum atomic E-state index is -0.924. The average molecular weight is 261 g/mol. The first-order chi connectivity index (χ1) is 9.19. The zero-order chi connectivity index (χ0) is 13.4. The first kappa shape index (κ1) is 11.7. The third kappa shape index (κ3) is 1.96. The number of nitrogens with zero attached hydrogens (tertiary/aromatic N) is 3. The minimum Gasteiger partial charge on any atom is -0.390 e. The van der Waals surface area contributed by atoms with Gasteiger partial charge < -0.3 is 5.11 Å². The van der Waals surface area contributed by atoms with Crippen molar-refractivity contribution in [2.45, 2.75) is 6.61 Å². The van der Waals surface area contributed by atoms with E-state index in [9.17, 15) is 8.78 Å². The molecule has 6 heteroatoms. The van der Waals surface area contributed by atoms with Gasteiger partial charge in [-0.15, -0.1) is 0 Å². The van der Waals surface area contributed by atoms with Crippen LogP contribution < -0.4 is 0 Å². The highest BCUT2D eigenvalue weighted by atomic mass is 19.2. The molecule has 0 fully saturated rings. The highest BCUT2D eigenvalue weighted by molar-refractivity contribution is 5.60. The lowest BCUT2D eigenvalue weighted by Crippen LogP contribution is -1.99. The Hall–Kier alpha value is -2.34. The van der Waals surface area contributed by atoms with Crippen LogP contribution >= 0.6 is 0 Å². The molecule has 2 heterocycles. The largest absolute Gasteiger partial charge is 0.390 e. The zero-order valence-electron chi connectivity index (χ0n) is 9.72. The Morgan fingerprint density at radius 2 is 1.95 bits per heavy atom. The Morgan fingerprint density at radius 1 is 1.11 bits per heavy atom. The van der Waals surface area contributed by atoms with E-state index in [4.69, 9.17) is 5.11 Å². The quantitative estimate of drug-likeness (QED) is 0.769. The van der Waals surface area contributed by atoms with Gasteiger partial charge in [0, 0.05) is 5.56 Å². The molecule has 0 unspecified atom stereocenters. The van der Waals surface area contributed by atoms with Gasteiger partial charge in [0.2, 0.25) is 0 Å². The van der Waals surface area contributed by atoms with Crippen LogP contribution in [0.5, 0.6) is 0 Å². The van der Waals surface area contributed by atoms with Gasteiger partial charge in [-0.25, -0.2) is 18.3 Å². The number of aliphatic hydroxyl groups is 1. The molecule has 0 saturated carbocycles. The molecule has 96 valence electrons. The first-order valence-corrected chi connectivity index (χ1v) is 5.59. The number of aromatic nitrogens is 3. The molecule has 2 aromatic heterocycles. The van der Waals surface area contributed by atoms with Crippen LogP contribution in [0.25, 0.3) is 16.9 Å². The van der Waals surface area contributed by atoms with E-state index >= 15 is 0 Å². The summed E-state index contributed by atoms with van der Waals surface area (Å²) in [6.45, 7) is -0.199. The highest BCUT2D eigenvalue weighted by Crippen LogP contribution is 2.20. The summed E-state index contributed by atoms with van der Waals surface area (Å²) in [6, 6.07) is 6.94. The zero-order valence-corrected chi connectivity index (χ0v) is 9.72. The Labute approximate surface area is 107 Å². The van der Waals surface area contributed by atoms with E-state index in [1.807, 2.05) is 0 Å². The van der Waals surface area contributed by atoms with Crippen LogP contribution in [0, 0.1) is 11.6 Å². The van der Waals surface area contributed by atoms with Crippen molar-refractivity contribution < 1.29 is 13.9 Å². The summed E-state index contributed by atoms with van der Waals surface area (Å²) >= 11 is 0. The first-order valence-electron chi connectivity index (χ1n) is 5.59. The number of benzene rings is 1. The molecule has 1 N–H and O–H groups in total. The number of halogens is 2. The number of hydrogen-bond donors (Lipinski definition) is 1. The van der Waals surface area contributed by atoms with Gasteiger partial charge in [-0.05, 0) is 30.3 Å². The maximum atomic E-state index is 13.2. The lowest BCUT2D eigenvalue weighted by molar-refractivity contribution is 0.274. The van der Waals surface area contributed by atoms with Crippen molar-refractivity contribution in [2.24, 2.45) is 0 Å². The minimum absolute atomic E-state index is 0.199. The second-order valence-corrected chi connectivity index (χ2v) is 4.03. The number of hydrogen-bond acceptors (Lipinski definition) is 3. The van der Waals surface area contributed by atoms with Crippen molar-refractivity contribution in [1.29, 1.82) is 0 Å². The third-order valence-corrected chi connectivity index (χ3v) is 2.81. The SMILES string of the molecule is OCc1cnc2ccc(-c3ccc(F)c(F)c3)nn12. The fourth-order valence-electron chi connectivity index (χ4n) is 1.84. The van der Waals surface area contributed by atoms with Gasteiger partial charge in [0.15, 0.2) is 17.3 Å². The molecule has 1 aromatic carbocycles. The monoisotopic (exact) mass is 261 g/mol. The van der Waals surface area contributed by atoms with Crippen molar-refractivity contribution in [3.63, 3.8) is 0 Å². The Balaban J connectivity index is 2.16. The molecule has 0 spiro atoms. The fraction of sp³-hybridized carbons (Fsp3) is 0.0769. The van der Waals surface area contributed by atoms with E-state index in [1.165, 1.54) is 16.8 Å². The van der Waals surface area contributed by atoms with Gasteiger partial charge in [-0.3, -0.25) is 0 Å². The molecule has 3 rings (SSSR count). The molecule has 3 aromatic rings. The number of rotatable bonds is 2. The fourth-order valence-corrected chi connectivity index (χ4v) is 1.84. The summed E-state index contributed by atoms with van der Waals surface area (Å²) in [4.78, 5) is 4.06. The van der Waals surface area contributed by atoms with Crippen LogP contribution in [0.4, 0.5) is 8.78 Å². The van der Waals surface area contributed by atoms with E-state index in [1.54, 1.807) is 12.1 Å². The van der Waals surface area contributed by atoms with E-state index in [0.717, 1.165) is 12.1 Å². The topological polar surface area (TPSA) is 50.4 Å². The number of fused-ring (bicyclic) bond motifs is 1. The van der Waals surface area contributed by atoms with Gasteiger partial charge >= 0.3 is 0 Å². The molecule has 0 aliphatic heterocycles. The van der Waals surface area contributed by atoms with Crippen LogP contribution in [0.15, 0.2) is 36.5 Å². The molecule has 0 bridgehead atoms. The smallest absolute Gasteiger partial charge is 0.159 e. The second kappa shape index (κ2) is 4.40. The summed E-state index contributed by atoms with van der Waals surface area (Å²) in [6.07, 6.45) is 1.51. The lowest BCUT2D eigenvalue weighted by atomic mass is 10.1. The Kier molecular flexibility index (Phi) is 2.72. The third-order valence-electron chi connectivity index (χ3n) is 2.81. The molecule has 0 radical (unpaired) electrons. The lowest BCUT2D eigenvalue weighted by Gasteiger charge is -2.03. The van der Waals surface area contributed by atoms with Crippen molar-refractivity contribution in [3.8, 4) is 11.3 Å². The van der Waals surface area contributed by atoms with Crippen LogP contribution in [0.3, 0.4) is 0 Å². The summed E-state index contributed by atoms with van der Waals surface area (Å²) in [5.74, 6) is -1.82. The molecular formula is C13H9F2N3O. The standard InChI is InChI=1S/C13H9F2N3O/c14-10-2-1-8(5-11(10)15)12-3-4-13-16-6-9(7-19)18(13)17-12/h1-6,19H,7H2. The molecule has 0 amide bonds. The molecule has 0 aliphatic carbocycles. The Morgan fingerprint density at radius 3 is 2.68 bits per heavy atom. The number of aliphatic hydroxyl groups excluding tert-OH is 1. The van der Waals surface area contributed by atoms with Crippen LogP contribution in [0.1, 0.15) is 5.69 Å². The molecule has 19 heavy (non-hydrogen) atoms. The van der Waals surface area contributed by atoms with E-state index in [0.29, 0.717) is 22.6 Å². The normalized spacial score (nSPS) is 11.1. The van der Waals surface area contributed by atoms with Gasteiger partial charge in [-0.1, -0.05) is 0 Å². The maximum absolute atomic E-state index is 13.2. The molecule has 0 saturated heterocycles. The number of imidazole rings is 1. The van der Waals surface area contributed by atoms with Crippen LogP contribution in [-0.4, -0.2) is 19.7 Å². The second-order valence-electron chi connectivity index (χ2n) is 4.03. The van der Waals surface area contributed by atoms with Gasteiger partial charge in [0.1, 0.15) is 0 Å². The van der Waals surface area contributed by atoms with E-state index in [2.05, 4.69) is 10.1 Å². The Bertz CT molecular complexity index is 755.